The van der Waals surface area contributed by atoms with Crippen molar-refractivity contribution in [3.8, 4) is 0 Å². The van der Waals surface area contributed by atoms with Crippen molar-refractivity contribution in [2.45, 2.75) is 0 Å². The van der Waals surface area contributed by atoms with Crippen LogP contribution < -0.4 is 0 Å². The molecule has 0 radical (unpaired) electrons. The summed E-state index contributed by atoms with van der Waals surface area (Å²) in [5.74, 6) is -0.879. The minimum absolute atomic E-state index is 0. The fraction of sp³-hybridized carbons (Fsp3) is 0. The molecule has 0 aliphatic rings. The summed E-state index contributed by atoms with van der Waals surface area (Å²) < 4.78 is 0. The molecule has 3 nitrogen and oxygen atoms in total. The van der Waals surface area contributed by atoms with Crippen LogP contribution in [0.4, 0.5) is 0 Å². The van der Waals surface area contributed by atoms with E-state index in [-0.39, 0.29) is 62.1 Å². The van der Waals surface area contributed by atoms with E-state index in [1.54, 1.807) is 30.3 Å². The van der Waals surface area contributed by atoms with E-state index in [4.69, 9.17) is 5.11 Å². The summed E-state index contributed by atoms with van der Waals surface area (Å²) >= 11 is 0. The number of carboxylic acid groups (broad SMARTS) is 1. The molecule has 0 saturated heterocycles. The third kappa shape index (κ3) is 6.07. The Morgan fingerprint density at radius 1 is 1.17 bits per heavy atom. The molecule has 0 aromatic heterocycles. The Morgan fingerprint density at radius 3 is 1.83 bits per heavy atom. The Labute approximate surface area is 113 Å². The van der Waals surface area contributed by atoms with Crippen molar-refractivity contribution in [1.29, 1.82) is 0 Å². The molecule has 0 atom stereocenters. The molecule has 5 heteroatoms. The van der Waals surface area contributed by atoms with E-state index in [0.29, 0.717) is 5.56 Å². The fourth-order valence-corrected chi connectivity index (χ4v) is 0.581. The van der Waals surface area contributed by atoms with Crippen LogP contribution >= 0.6 is 0 Å². The van der Waals surface area contributed by atoms with Gasteiger partial charge in [0.05, 0.1) is 5.56 Å². The van der Waals surface area contributed by atoms with Crippen molar-refractivity contribution in [3.05, 3.63) is 35.9 Å². The van der Waals surface area contributed by atoms with Gasteiger partial charge in [-0.15, -0.1) is 0 Å². The summed E-state index contributed by atoms with van der Waals surface area (Å²) in [5, 5.41) is 8.38. The number of carbonyl (C=O) groups is 1. The molecular formula is C7H11CaLiO3. The molecule has 0 amide bonds. The molecule has 1 aromatic rings. The van der Waals surface area contributed by atoms with Crippen LogP contribution in [0.25, 0.3) is 0 Å². The van der Waals surface area contributed by atoms with Gasteiger partial charge in [-0.05, 0) is 12.1 Å². The van der Waals surface area contributed by atoms with Crippen LogP contribution in [0.1, 0.15) is 10.4 Å². The number of carboxylic acids is 1. The van der Waals surface area contributed by atoms with Crippen LogP contribution in [-0.2, 0) is 0 Å². The number of hydrogen-bond acceptors (Lipinski definition) is 1. The number of benzene rings is 1. The van der Waals surface area contributed by atoms with Gasteiger partial charge in [0.25, 0.3) is 0 Å². The second kappa shape index (κ2) is 9.59. The molecule has 0 heterocycles. The average Bonchev–Trinajstić information content (AvgIpc) is 1.90. The molecule has 12 heavy (non-hydrogen) atoms. The summed E-state index contributed by atoms with van der Waals surface area (Å²) in [5.41, 5.74) is 0.331. The van der Waals surface area contributed by atoms with E-state index in [1.165, 1.54) is 0 Å². The Kier molecular flexibility index (Phi) is 14.6. The molecular weight excluding hydrogens is 179 g/mol. The van der Waals surface area contributed by atoms with Gasteiger partial charge in [-0.25, -0.2) is 4.79 Å². The number of rotatable bonds is 1. The van der Waals surface area contributed by atoms with Crippen molar-refractivity contribution in [3.63, 3.8) is 0 Å². The summed E-state index contributed by atoms with van der Waals surface area (Å²) in [6.07, 6.45) is 0. The third-order valence-electron chi connectivity index (χ3n) is 1.02. The van der Waals surface area contributed by atoms with E-state index >= 15 is 0 Å². The summed E-state index contributed by atoms with van der Waals surface area (Å²) in [7, 11) is 0. The first-order valence-corrected chi connectivity index (χ1v) is 2.59. The first-order valence-electron chi connectivity index (χ1n) is 2.59. The normalized spacial score (nSPS) is 6.67. The first kappa shape index (κ1) is 18.3. The molecule has 0 fully saturated rings. The maximum absolute atomic E-state index is 10.2. The van der Waals surface area contributed by atoms with E-state index in [9.17, 15) is 4.79 Å². The zero-order chi connectivity index (χ0) is 6.69. The van der Waals surface area contributed by atoms with Gasteiger partial charge in [-0.2, -0.15) is 0 Å². The first-order chi connectivity index (χ1) is 4.30. The average molecular weight is 190 g/mol. The standard InChI is InChI=1S/C7H6O2.Ca.Li.H2O.3H/c8-7(9)6-4-2-1-3-5-6;;;;;;/h1-5H,(H,8,9);;;1H2;;;. The zero-order valence-corrected chi connectivity index (χ0v) is 5.24. The Morgan fingerprint density at radius 2 is 1.58 bits per heavy atom. The second-order valence-electron chi connectivity index (χ2n) is 1.67. The maximum atomic E-state index is 10.2. The zero-order valence-electron chi connectivity index (χ0n) is 5.24. The molecule has 0 spiro atoms. The molecule has 1 aromatic carbocycles. The third-order valence-corrected chi connectivity index (χ3v) is 1.02. The van der Waals surface area contributed by atoms with Crippen molar-refractivity contribution >= 4 is 62.6 Å². The van der Waals surface area contributed by atoms with E-state index in [0.717, 1.165) is 0 Å². The van der Waals surface area contributed by atoms with Gasteiger partial charge < -0.3 is 10.6 Å². The van der Waals surface area contributed by atoms with Crippen LogP contribution in [0.5, 0.6) is 0 Å². The van der Waals surface area contributed by atoms with Crippen LogP contribution in [0.2, 0.25) is 0 Å². The predicted octanol–water partition coefficient (Wildman–Crippen LogP) is -1.00. The fourth-order valence-electron chi connectivity index (χ4n) is 0.581. The van der Waals surface area contributed by atoms with Crippen molar-refractivity contribution in [2.75, 3.05) is 0 Å². The van der Waals surface area contributed by atoms with Gasteiger partial charge in [0.15, 0.2) is 0 Å². The van der Waals surface area contributed by atoms with Crippen LogP contribution in [0.15, 0.2) is 30.3 Å². The Bertz CT molecular complexity index is 215. The van der Waals surface area contributed by atoms with Crippen molar-refractivity contribution in [2.24, 2.45) is 0 Å². The molecule has 3 N–H and O–H groups in total. The van der Waals surface area contributed by atoms with Crippen LogP contribution in [-0.4, -0.2) is 73.2 Å². The van der Waals surface area contributed by atoms with E-state index in [1.807, 2.05) is 0 Å². The molecule has 0 saturated carbocycles. The van der Waals surface area contributed by atoms with Gasteiger partial charge in [-0.3, -0.25) is 0 Å². The monoisotopic (exact) mass is 190 g/mol. The van der Waals surface area contributed by atoms with E-state index in [2.05, 4.69) is 0 Å². The molecule has 0 aliphatic heterocycles. The molecule has 0 aliphatic carbocycles. The number of aromatic carboxylic acids is 1. The summed E-state index contributed by atoms with van der Waals surface area (Å²) in [4.78, 5) is 10.2. The molecule has 0 unspecified atom stereocenters. The molecule has 60 valence electrons. The topological polar surface area (TPSA) is 68.8 Å². The predicted molar refractivity (Wildman–Crippen MR) is 52.7 cm³/mol. The van der Waals surface area contributed by atoms with Gasteiger partial charge in [0.1, 0.15) is 0 Å². The second-order valence-corrected chi connectivity index (χ2v) is 1.67. The quantitative estimate of drug-likeness (QED) is 0.577. The van der Waals surface area contributed by atoms with Crippen LogP contribution in [0, 0.1) is 0 Å². The molecule has 0 bridgehead atoms. The Hall–Kier alpha value is 0.507. The summed E-state index contributed by atoms with van der Waals surface area (Å²) in [6, 6.07) is 8.30. The van der Waals surface area contributed by atoms with Gasteiger partial charge in [0, 0.05) is 0 Å². The van der Waals surface area contributed by atoms with Gasteiger partial charge in [-0.1, -0.05) is 18.2 Å². The minimum atomic E-state index is -0.879. The Balaban J connectivity index is -0.000000270. The van der Waals surface area contributed by atoms with E-state index < -0.39 is 5.97 Å². The van der Waals surface area contributed by atoms with Gasteiger partial charge in [0.2, 0.25) is 0 Å². The van der Waals surface area contributed by atoms with Crippen molar-refractivity contribution < 1.29 is 15.4 Å². The SMILES string of the molecule is O.O=C(O)c1ccccc1.[CaH2].[LiH]. The van der Waals surface area contributed by atoms with Gasteiger partial charge >= 0.3 is 62.6 Å². The molecule has 1 rings (SSSR count). The van der Waals surface area contributed by atoms with Crippen LogP contribution in [0.3, 0.4) is 0 Å². The summed E-state index contributed by atoms with van der Waals surface area (Å²) in [6.45, 7) is 0. The van der Waals surface area contributed by atoms with Crippen molar-refractivity contribution in [1.82, 2.24) is 0 Å². The number of hydrogen-bond donors (Lipinski definition) is 1.